The zero-order chi connectivity index (χ0) is 12.3. The fourth-order valence-electron chi connectivity index (χ4n) is 2.92. The molecule has 1 fully saturated rings. The standard InChI is InChI=1S/C12H20O4.2Na/c1-8(2)12(10(13)14,11(15)16)9-6-4-3-5-7-9;;/h8-9H,3-7H2,1-2H3,(H,13,14)(H,15,16);;/q;2*+1/p-2. The second-order valence-electron chi connectivity index (χ2n) is 4.93. The van der Waals surface area contributed by atoms with Crippen molar-refractivity contribution in [2.45, 2.75) is 46.0 Å². The van der Waals surface area contributed by atoms with Crippen LogP contribution in [0.2, 0.25) is 0 Å². The molecule has 0 N–H and O–H groups in total. The monoisotopic (exact) mass is 272 g/mol. The molecule has 0 amide bonds. The summed E-state index contributed by atoms with van der Waals surface area (Å²) in [6, 6.07) is 0. The van der Waals surface area contributed by atoms with E-state index in [0.29, 0.717) is 12.8 Å². The Bertz CT molecular complexity index is 272. The van der Waals surface area contributed by atoms with Crippen LogP contribution in [0, 0.1) is 17.3 Å². The fourth-order valence-corrected chi connectivity index (χ4v) is 2.92. The van der Waals surface area contributed by atoms with Gasteiger partial charge >= 0.3 is 59.1 Å². The Morgan fingerprint density at radius 3 is 1.67 bits per heavy atom. The minimum Gasteiger partial charge on any atom is -0.549 e. The molecule has 0 aliphatic heterocycles. The molecule has 0 aromatic rings. The van der Waals surface area contributed by atoms with Crippen molar-refractivity contribution >= 4 is 11.9 Å². The first kappa shape index (κ1) is 21.2. The Kier molecular flexibility index (Phi) is 10.6. The van der Waals surface area contributed by atoms with Gasteiger partial charge in [-0.2, -0.15) is 0 Å². The minimum atomic E-state index is -1.82. The van der Waals surface area contributed by atoms with Crippen molar-refractivity contribution < 1.29 is 78.9 Å². The molecule has 18 heavy (non-hydrogen) atoms. The van der Waals surface area contributed by atoms with E-state index in [1.165, 1.54) is 0 Å². The van der Waals surface area contributed by atoms with Crippen molar-refractivity contribution in [2.75, 3.05) is 0 Å². The van der Waals surface area contributed by atoms with Gasteiger partial charge in [-0.15, -0.1) is 0 Å². The van der Waals surface area contributed by atoms with Crippen LogP contribution in [-0.2, 0) is 9.59 Å². The Balaban J connectivity index is 0. The molecular formula is C12H18Na2O4. The molecule has 0 radical (unpaired) electrons. The number of aliphatic carboxylic acids is 2. The summed E-state index contributed by atoms with van der Waals surface area (Å²) >= 11 is 0. The maximum absolute atomic E-state index is 11.3. The first-order valence-electron chi connectivity index (χ1n) is 5.87. The fraction of sp³-hybridized carbons (Fsp3) is 0.833. The smallest absolute Gasteiger partial charge is 0.549 e. The first-order valence-corrected chi connectivity index (χ1v) is 5.87. The van der Waals surface area contributed by atoms with Crippen molar-refractivity contribution in [3.8, 4) is 0 Å². The molecule has 1 rings (SSSR count). The van der Waals surface area contributed by atoms with Crippen LogP contribution in [0.25, 0.3) is 0 Å². The largest absolute Gasteiger partial charge is 1.00 e. The van der Waals surface area contributed by atoms with E-state index in [1.807, 2.05) is 0 Å². The summed E-state index contributed by atoms with van der Waals surface area (Å²) in [5.41, 5.74) is -1.82. The number of carbonyl (C=O) groups excluding carboxylic acids is 2. The van der Waals surface area contributed by atoms with E-state index < -0.39 is 23.3 Å². The molecule has 0 atom stereocenters. The molecule has 0 bridgehead atoms. The number of rotatable bonds is 4. The van der Waals surface area contributed by atoms with E-state index >= 15 is 0 Å². The molecule has 4 nitrogen and oxygen atoms in total. The molecule has 0 heterocycles. The summed E-state index contributed by atoms with van der Waals surface area (Å²) in [5.74, 6) is -3.84. The van der Waals surface area contributed by atoms with Crippen molar-refractivity contribution in [1.29, 1.82) is 0 Å². The van der Waals surface area contributed by atoms with Crippen molar-refractivity contribution in [3.05, 3.63) is 0 Å². The van der Waals surface area contributed by atoms with Gasteiger partial charge in [0.2, 0.25) is 0 Å². The zero-order valence-corrected chi connectivity index (χ0v) is 15.8. The predicted octanol–water partition coefficient (Wildman–Crippen LogP) is -6.28. The van der Waals surface area contributed by atoms with E-state index in [4.69, 9.17) is 0 Å². The van der Waals surface area contributed by atoms with Crippen molar-refractivity contribution in [1.82, 2.24) is 0 Å². The average molecular weight is 272 g/mol. The number of hydrogen-bond donors (Lipinski definition) is 0. The van der Waals surface area contributed by atoms with Gasteiger partial charge < -0.3 is 19.8 Å². The second kappa shape index (κ2) is 8.98. The molecule has 1 aliphatic carbocycles. The van der Waals surface area contributed by atoms with Crippen LogP contribution in [0.15, 0.2) is 0 Å². The summed E-state index contributed by atoms with van der Waals surface area (Å²) in [6.45, 7) is 3.22. The third-order valence-corrected chi connectivity index (χ3v) is 3.84. The van der Waals surface area contributed by atoms with Crippen molar-refractivity contribution in [3.63, 3.8) is 0 Å². The number of carbonyl (C=O) groups is 2. The summed E-state index contributed by atoms with van der Waals surface area (Å²) in [5, 5.41) is 22.5. The SMILES string of the molecule is CC(C)C(C(=O)[O-])(C(=O)[O-])C1CCCCC1.[Na+].[Na+]. The van der Waals surface area contributed by atoms with Gasteiger partial charge in [0.1, 0.15) is 0 Å². The Labute approximate surface area is 152 Å². The molecule has 0 aromatic carbocycles. The Morgan fingerprint density at radius 2 is 1.39 bits per heavy atom. The minimum absolute atomic E-state index is 0. The molecule has 6 heteroatoms. The van der Waals surface area contributed by atoms with Gasteiger partial charge in [0, 0.05) is 0 Å². The maximum atomic E-state index is 11.3. The van der Waals surface area contributed by atoms with Gasteiger partial charge in [-0.05, 0) is 24.7 Å². The van der Waals surface area contributed by atoms with Crippen LogP contribution in [0.3, 0.4) is 0 Å². The number of carboxylic acids is 2. The molecular weight excluding hydrogens is 254 g/mol. The van der Waals surface area contributed by atoms with Gasteiger partial charge in [0.25, 0.3) is 0 Å². The third-order valence-electron chi connectivity index (χ3n) is 3.84. The van der Waals surface area contributed by atoms with E-state index in [0.717, 1.165) is 19.3 Å². The third kappa shape index (κ3) is 3.97. The van der Waals surface area contributed by atoms with E-state index in [2.05, 4.69) is 0 Å². The Hall–Kier alpha value is 0.940. The van der Waals surface area contributed by atoms with Gasteiger partial charge in [-0.3, -0.25) is 0 Å². The number of hydrogen-bond acceptors (Lipinski definition) is 4. The molecule has 0 spiro atoms. The zero-order valence-electron chi connectivity index (χ0n) is 11.8. The topological polar surface area (TPSA) is 80.3 Å². The van der Waals surface area contributed by atoms with E-state index in [-0.39, 0.29) is 65.0 Å². The predicted molar refractivity (Wildman–Crippen MR) is 53.9 cm³/mol. The molecule has 92 valence electrons. The molecule has 1 saturated carbocycles. The van der Waals surface area contributed by atoms with Crippen LogP contribution in [0.5, 0.6) is 0 Å². The molecule has 0 aromatic heterocycles. The van der Waals surface area contributed by atoms with Crippen molar-refractivity contribution in [2.24, 2.45) is 17.3 Å². The maximum Gasteiger partial charge on any atom is 1.00 e. The van der Waals surface area contributed by atoms with E-state index in [1.54, 1.807) is 13.8 Å². The number of carboxylic acid groups (broad SMARTS) is 2. The quantitative estimate of drug-likeness (QED) is 0.377. The van der Waals surface area contributed by atoms with Crippen LogP contribution >= 0.6 is 0 Å². The van der Waals surface area contributed by atoms with Gasteiger partial charge in [-0.25, -0.2) is 0 Å². The van der Waals surface area contributed by atoms with Gasteiger partial charge in [-0.1, -0.05) is 33.1 Å². The van der Waals surface area contributed by atoms with Crippen LogP contribution in [-0.4, -0.2) is 11.9 Å². The van der Waals surface area contributed by atoms with Gasteiger partial charge in [0.05, 0.1) is 17.4 Å². The first-order chi connectivity index (χ1) is 7.44. The van der Waals surface area contributed by atoms with Gasteiger partial charge in [0.15, 0.2) is 0 Å². The summed E-state index contributed by atoms with van der Waals surface area (Å²) in [6.07, 6.45) is 4.10. The second-order valence-corrected chi connectivity index (χ2v) is 4.93. The summed E-state index contributed by atoms with van der Waals surface area (Å²) in [7, 11) is 0. The molecule has 0 saturated heterocycles. The molecule has 1 aliphatic rings. The summed E-state index contributed by atoms with van der Waals surface area (Å²) in [4.78, 5) is 22.5. The summed E-state index contributed by atoms with van der Waals surface area (Å²) < 4.78 is 0. The normalized spacial score (nSPS) is 16.6. The van der Waals surface area contributed by atoms with Crippen LogP contribution < -0.4 is 69.3 Å². The molecule has 0 unspecified atom stereocenters. The van der Waals surface area contributed by atoms with E-state index in [9.17, 15) is 19.8 Å². The Morgan fingerprint density at radius 1 is 1.00 bits per heavy atom. The van der Waals surface area contributed by atoms with Crippen LogP contribution in [0.4, 0.5) is 0 Å². The average Bonchev–Trinajstić information content (AvgIpc) is 2.18. The van der Waals surface area contributed by atoms with Crippen LogP contribution in [0.1, 0.15) is 46.0 Å².